The van der Waals surface area contributed by atoms with Crippen molar-refractivity contribution in [1.82, 2.24) is 0 Å². The van der Waals surface area contributed by atoms with Crippen molar-refractivity contribution in [2.24, 2.45) is 0 Å². The van der Waals surface area contributed by atoms with Gasteiger partial charge in [-0.05, 0) is 32.9 Å². The fraction of sp³-hybridized carbons (Fsp3) is 0.462. The molecule has 0 aliphatic carbocycles. The molecule has 0 fully saturated rings. The summed E-state index contributed by atoms with van der Waals surface area (Å²) in [6, 6.07) is 4.79. The van der Waals surface area contributed by atoms with Crippen LogP contribution >= 0.6 is 0 Å². The molecule has 0 heterocycles. The molecular formula is C13H20N2O3. The second kappa shape index (κ2) is 5.27. The fourth-order valence-corrected chi connectivity index (χ4v) is 1.90. The summed E-state index contributed by atoms with van der Waals surface area (Å²) < 4.78 is 0. The Morgan fingerprint density at radius 1 is 1.44 bits per heavy atom. The second-order valence-electron chi connectivity index (χ2n) is 4.88. The first-order chi connectivity index (χ1) is 8.26. The Hall–Kier alpha value is -1.75. The van der Waals surface area contributed by atoms with E-state index < -0.39 is 11.6 Å². The average molecular weight is 252 g/mol. The van der Waals surface area contributed by atoms with Crippen molar-refractivity contribution >= 4 is 17.3 Å². The minimum atomic E-state index is -1.02. The van der Waals surface area contributed by atoms with Gasteiger partial charge in [-0.1, -0.05) is 6.07 Å². The van der Waals surface area contributed by atoms with Gasteiger partial charge in [-0.3, -0.25) is 0 Å². The van der Waals surface area contributed by atoms with Crippen LogP contribution in [-0.2, 0) is 0 Å². The van der Waals surface area contributed by atoms with Crippen LogP contribution in [0.25, 0.3) is 0 Å². The van der Waals surface area contributed by atoms with Gasteiger partial charge in [0.2, 0.25) is 0 Å². The summed E-state index contributed by atoms with van der Waals surface area (Å²) in [5.74, 6) is -1.02. The van der Waals surface area contributed by atoms with Crippen LogP contribution in [0.2, 0.25) is 0 Å². The summed E-state index contributed by atoms with van der Waals surface area (Å²) in [6.45, 7) is 6.13. The number of aromatic carboxylic acids is 1. The van der Waals surface area contributed by atoms with Gasteiger partial charge in [-0.15, -0.1) is 0 Å². The maximum Gasteiger partial charge on any atom is 0.337 e. The molecule has 0 bridgehead atoms. The zero-order valence-corrected chi connectivity index (χ0v) is 11.0. The monoisotopic (exact) mass is 252 g/mol. The SMILES string of the molecule is CCN(CC(C)(C)O)c1c(N)cccc1C(=O)O. The minimum Gasteiger partial charge on any atom is -0.478 e. The number of carboxylic acids is 1. The molecule has 0 unspecified atom stereocenters. The van der Waals surface area contributed by atoms with Gasteiger partial charge in [0.05, 0.1) is 22.5 Å². The van der Waals surface area contributed by atoms with Crippen LogP contribution in [0.1, 0.15) is 31.1 Å². The van der Waals surface area contributed by atoms with Gasteiger partial charge in [0.15, 0.2) is 0 Å². The number of hydrogen-bond donors (Lipinski definition) is 3. The third-order valence-corrected chi connectivity index (χ3v) is 2.57. The highest BCUT2D eigenvalue weighted by atomic mass is 16.4. The maximum atomic E-state index is 11.2. The van der Waals surface area contributed by atoms with Crippen LogP contribution in [0.3, 0.4) is 0 Å². The van der Waals surface area contributed by atoms with E-state index in [1.807, 2.05) is 6.92 Å². The van der Waals surface area contributed by atoms with E-state index >= 15 is 0 Å². The number of nitrogens with two attached hydrogens (primary N) is 1. The van der Waals surface area contributed by atoms with Crippen LogP contribution in [0.15, 0.2) is 18.2 Å². The number of rotatable bonds is 5. The number of aliphatic hydroxyl groups is 1. The van der Waals surface area contributed by atoms with Gasteiger partial charge in [-0.2, -0.15) is 0 Å². The van der Waals surface area contributed by atoms with E-state index in [0.717, 1.165) is 0 Å². The summed E-state index contributed by atoms with van der Waals surface area (Å²) in [5.41, 5.74) is 5.97. The van der Waals surface area contributed by atoms with Crippen molar-refractivity contribution in [3.8, 4) is 0 Å². The smallest absolute Gasteiger partial charge is 0.337 e. The molecule has 0 aliphatic heterocycles. The van der Waals surface area contributed by atoms with E-state index in [9.17, 15) is 15.0 Å². The van der Waals surface area contributed by atoms with Gasteiger partial charge in [0.25, 0.3) is 0 Å². The molecule has 0 saturated heterocycles. The maximum absolute atomic E-state index is 11.2. The molecule has 0 aliphatic rings. The Bertz CT molecular complexity index is 438. The van der Waals surface area contributed by atoms with Gasteiger partial charge < -0.3 is 20.8 Å². The van der Waals surface area contributed by atoms with E-state index in [0.29, 0.717) is 24.5 Å². The molecule has 0 atom stereocenters. The highest BCUT2D eigenvalue weighted by molar-refractivity contribution is 5.98. The van der Waals surface area contributed by atoms with Gasteiger partial charge in [0.1, 0.15) is 0 Å². The van der Waals surface area contributed by atoms with Crippen LogP contribution in [-0.4, -0.2) is 34.9 Å². The number of hydrogen-bond acceptors (Lipinski definition) is 4. The van der Waals surface area contributed by atoms with Crippen LogP contribution < -0.4 is 10.6 Å². The second-order valence-corrected chi connectivity index (χ2v) is 4.88. The molecule has 0 aromatic heterocycles. The molecule has 0 saturated carbocycles. The summed E-state index contributed by atoms with van der Waals surface area (Å²) in [5, 5.41) is 19.1. The number of nitrogens with zero attached hydrogens (tertiary/aromatic N) is 1. The Labute approximate surface area is 107 Å². The minimum absolute atomic E-state index is 0.154. The third kappa shape index (κ3) is 3.37. The molecule has 1 aromatic carbocycles. The van der Waals surface area contributed by atoms with E-state index in [1.54, 1.807) is 30.9 Å². The number of carboxylic acid groups (broad SMARTS) is 1. The molecular weight excluding hydrogens is 232 g/mol. The van der Waals surface area contributed by atoms with Crippen molar-refractivity contribution in [2.45, 2.75) is 26.4 Å². The number of likely N-dealkylation sites (N-methyl/N-ethyl adjacent to an activating group) is 1. The highest BCUT2D eigenvalue weighted by Gasteiger charge is 2.23. The number of carbonyl (C=O) groups is 1. The number of anilines is 2. The predicted molar refractivity (Wildman–Crippen MR) is 72.0 cm³/mol. The topological polar surface area (TPSA) is 86.8 Å². The standard InChI is InChI=1S/C13H20N2O3/c1-4-15(8-13(2,3)18)11-9(12(16)17)6-5-7-10(11)14/h5-7,18H,4,8,14H2,1-3H3,(H,16,17). The molecule has 1 rings (SSSR count). The van der Waals surface area contributed by atoms with E-state index in [-0.39, 0.29) is 5.56 Å². The summed E-state index contributed by atoms with van der Waals surface area (Å²) in [7, 11) is 0. The Kier molecular flexibility index (Phi) is 4.19. The molecule has 1 aromatic rings. The lowest BCUT2D eigenvalue weighted by Gasteiger charge is -2.31. The largest absolute Gasteiger partial charge is 0.478 e. The Morgan fingerprint density at radius 2 is 2.06 bits per heavy atom. The Morgan fingerprint density at radius 3 is 2.50 bits per heavy atom. The highest BCUT2D eigenvalue weighted by Crippen LogP contribution is 2.29. The van der Waals surface area contributed by atoms with Crippen LogP contribution in [0, 0.1) is 0 Å². The van der Waals surface area contributed by atoms with Crippen molar-refractivity contribution in [3.63, 3.8) is 0 Å². The van der Waals surface area contributed by atoms with Crippen molar-refractivity contribution < 1.29 is 15.0 Å². The lowest BCUT2D eigenvalue weighted by molar-refractivity contribution is 0.0694. The normalized spacial score (nSPS) is 11.3. The molecule has 100 valence electrons. The van der Waals surface area contributed by atoms with Gasteiger partial charge >= 0.3 is 5.97 Å². The Balaban J connectivity index is 3.24. The van der Waals surface area contributed by atoms with E-state index in [1.165, 1.54) is 6.07 Å². The molecule has 0 spiro atoms. The first kappa shape index (κ1) is 14.3. The molecule has 5 heteroatoms. The lowest BCUT2D eigenvalue weighted by Crippen LogP contribution is -2.39. The lowest BCUT2D eigenvalue weighted by atomic mass is 10.1. The first-order valence-corrected chi connectivity index (χ1v) is 5.85. The van der Waals surface area contributed by atoms with Crippen molar-refractivity contribution in [2.75, 3.05) is 23.7 Å². The number of benzene rings is 1. The van der Waals surface area contributed by atoms with Gasteiger partial charge in [-0.25, -0.2) is 4.79 Å². The van der Waals surface area contributed by atoms with Crippen LogP contribution in [0.5, 0.6) is 0 Å². The molecule has 0 radical (unpaired) electrons. The molecule has 0 amide bonds. The number of nitrogen functional groups attached to an aromatic ring is 1. The van der Waals surface area contributed by atoms with Crippen LogP contribution in [0.4, 0.5) is 11.4 Å². The predicted octanol–water partition coefficient (Wildman–Crippen LogP) is 1.56. The third-order valence-electron chi connectivity index (χ3n) is 2.57. The van der Waals surface area contributed by atoms with E-state index in [2.05, 4.69) is 0 Å². The zero-order chi connectivity index (χ0) is 13.9. The quantitative estimate of drug-likeness (QED) is 0.692. The van der Waals surface area contributed by atoms with Crippen molar-refractivity contribution in [1.29, 1.82) is 0 Å². The fourth-order valence-electron chi connectivity index (χ4n) is 1.90. The molecule has 18 heavy (non-hydrogen) atoms. The number of para-hydroxylation sites is 1. The molecule has 4 N–H and O–H groups in total. The first-order valence-electron chi connectivity index (χ1n) is 5.85. The van der Waals surface area contributed by atoms with E-state index in [4.69, 9.17) is 5.73 Å². The summed E-state index contributed by atoms with van der Waals surface area (Å²) in [4.78, 5) is 13.0. The average Bonchev–Trinajstić information content (AvgIpc) is 2.24. The van der Waals surface area contributed by atoms with Crippen molar-refractivity contribution in [3.05, 3.63) is 23.8 Å². The molecule has 5 nitrogen and oxygen atoms in total. The zero-order valence-electron chi connectivity index (χ0n) is 11.0. The summed E-state index contributed by atoms with van der Waals surface area (Å²) >= 11 is 0. The summed E-state index contributed by atoms with van der Waals surface area (Å²) in [6.07, 6.45) is 0. The van der Waals surface area contributed by atoms with Gasteiger partial charge in [0, 0.05) is 13.1 Å².